The normalized spacial score (nSPS) is 10.9. The quantitative estimate of drug-likeness (QED) is 0.0741. The fourth-order valence-corrected chi connectivity index (χ4v) is 4.30. The van der Waals surface area contributed by atoms with E-state index in [1.165, 1.54) is 26.4 Å². The Balaban J connectivity index is 1.18. The van der Waals surface area contributed by atoms with Gasteiger partial charge in [-0.25, -0.2) is 0 Å². The molecular weight excluding hydrogens is 572 g/mol. The van der Waals surface area contributed by atoms with Crippen molar-refractivity contribution in [1.82, 2.24) is 0 Å². The van der Waals surface area contributed by atoms with Crippen LogP contribution in [-0.4, -0.2) is 53.2 Å². The summed E-state index contributed by atoms with van der Waals surface area (Å²) in [6, 6.07) is 25.2. The van der Waals surface area contributed by atoms with Crippen LogP contribution in [0.4, 0.5) is 0 Å². The van der Waals surface area contributed by atoms with Crippen molar-refractivity contribution in [2.24, 2.45) is 0 Å². The van der Waals surface area contributed by atoms with Gasteiger partial charge in [-0.3, -0.25) is 9.59 Å². The molecule has 0 aliphatic heterocycles. The molecule has 4 aromatic carbocycles. The Morgan fingerprint density at radius 2 is 0.889 bits per heavy atom. The monoisotopic (exact) mass is 608 g/mol. The van der Waals surface area contributed by atoms with Crippen LogP contribution in [-0.2, 0) is 0 Å². The fraction of sp³-hybridized carbons (Fsp3) is 0.189. The topological polar surface area (TPSA) is 89.5 Å². The maximum atomic E-state index is 12.6. The molecule has 45 heavy (non-hydrogen) atoms. The summed E-state index contributed by atoms with van der Waals surface area (Å²) in [5, 5.41) is 0. The standard InChI is InChI=1S/C37H36O8/c1-40-34-20-12-28(24-36(34)42-3)32(38)18-10-26-6-14-30(15-7-26)44-22-5-23-45-31-16-8-27(9-17-31)11-19-33(39)29-13-21-35(41-2)37(25-29)43-4/h6-21,24-25H,5,22-23H2,1-4H3/b18-10+,19-11+. The highest BCUT2D eigenvalue weighted by Crippen LogP contribution is 2.29. The Morgan fingerprint density at radius 3 is 1.24 bits per heavy atom. The lowest BCUT2D eigenvalue weighted by Crippen LogP contribution is -2.05. The molecular formula is C37H36O8. The first-order valence-electron chi connectivity index (χ1n) is 14.3. The molecule has 232 valence electrons. The van der Waals surface area contributed by atoms with Gasteiger partial charge < -0.3 is 28.4 Å². The van der Waals surface area contributed by atoms with Crippen LogP contribution < -0.4 is 28.4 Å². The third-order valence-corrected chi connectivity index (χ3v) is 6.78. The van der Waals surface area contributed by atoms with E-state index in [-0.39, 0.29) is 11.6 Å². The lowest BCUT2D eigenvalue weighted by atomic mass is 10.1. The second-order valence-electron chi connectivity index (χ2n) is 9.72. The minimum Gasteiger partial charge on any atom is -0.493 e. The Hall–Kier alpha value is -5.50. The number of hydrogen-bond acceptors (Lipinski definition) is 8. The molecule has 0 saturated heterocycles. The molecule has 0 aliphatic rings. The van der Waals surface area contributed by atoms with Gasteiger partial charge in [0.15, 0.2) is 34.6 Å². The van der Waals surface area contributed by atoms with Gasteiger partial charge in [-0.1, -0.05) is 36.4 Å². The number of ketones is 2. The van der Waals surface area contributed by atoms with E-state index in [1.807, 2.05) is 48.5 Å². The largest absolute Gasteiger partial charge is 0.493 e. The average Bonchev–Trinajstić information content (AvgIpc) is 3.09. The summed E-state index contributed by atoms with van der Waals surface area (Å²) >= 11 is 0. The molecule has 8 heteroatoms. The zero-order valence-electron chi connectivity index (χ0n) is 25.8. The summed E-state index contributed by atoms with van der Waals surface area (Å²) in [6.45, 7) is 0.984. The van der Waals surface area contributed by atoms with Crippen LogP contribution in [0.25, 0.3) is 12.2 Å². The summed E-state index contributed by atoms with van der Waals surface area (Å²) < 4.78 is 32.6. The number of carbonyl (C=O) groups is 2. The van der Waals surface area contributed by atoms with Gasteiger partial charge in [0.1, 0.15) is 11.5 Å². The number of rotatable bonds is 16. The maximum absolute atomic E-state index is 12.6. The maximum Gasteiger partial charge on any atom is 0.185 e. The molecule has 0 amide bonds. The molecule has 0 saturated carbocycles. The van der Waals surface area contributed by atoms with E-state index in [0.29, 0.717) is 53.8 Å². The Bertz CT molecular complexity index is 1510. The molecule has 0 spiro atoms. The minimum atomic E-state index is -0.136. The molecule has 0 N–H and O–H groups in total. The molecule has 4 aromatic rings. The van der Waals surface area contributed by atoms with Crippen molar-refractivity contribution in [2.45, 2.75) is 6.42 Å². The number of hydrogen-bond donors (Lipinski definition) is 0. The van der Waals surface area contributed by atoms with E-state index in [2.05, 4.69) is 0 Å². The summed E-state index contributed by atoms with van der Waals surface area (Å²) in [5.74, 6) is 3.35. The van der Waals surface area contributed by atoms with E-state index in [9.17, 15) is 9.59 Å². The number of benzene rings is 4. The van der Waals surface area contributed by atoms with Crippen molar-refractivity contribution < 1.29 is 38.0 Å². The number of ether oxygens (including phenoxy) is 6. The second kappa shape index (κ2) is 16.4. The van der Waals surface area contributed by atoms with Crippen LogP contribution in [0, 0.1) is 0 Å². The molecule has 8 nitrogen and oxygen atoms in total. The Labute approximate surface area is 263 Å². The van der Waals surface area contributed by atoms with Gasteiger partial charge in [0.25, 0.3) is 0 Å². The van der Waals surface area contributed by atoms with E-state index in [1.54, 1.807) is 62.8 Å². The predicted molar refractivity (Wildman–Crippen MR) is 174 cm³/mol. The molecule has 0 radical (unpaired) electrons. The van der Waals surface area contributed by atoms with Crippen molar-refractivity contribution in [2.75, 3.05) is 41.7 Å². The molecule has 0 aromatic heterocycles. The summed E-state index contributed by atoms with van der Waals surface area (Å²) in [6.07, 6.45) is 7.26. The zero-order chi connectivity index (χ0) is 32.0. The molecule has 0 fully saturated rings. The van der Waals surface area contributed by atoms with E-state index >= 15 is 0 Å². The lowest BCUT2D eigenvalue weighted by molar-refractivity contribution is 0.103. The Morgan fingerprint density at radius 1 is 0.511 bits per heavy atom. The first-order chi connectivity index (χ1) is 21.9. The lowest BCUT2D eigenvalue weighted by Gasteiger charge is -2.09. The van der Waals surface area contributed by atoms with Crippen LogP contribution in [0.3, 0.4) is 0 Å². The Kier molecular flexibility index (Phi) is 11.8. The van der Waals surface area contributed by atoms with Gasteiger partial charge in [0.2, 0.25) is 0 Å². The van der Waals surface area contributed by atoms with Crippen molar-refractivity contribution in [3.63, 3.8) is 0 Å². The van der Waals surface area contributed by atoms with E-state index < -0.39 is 0 Å². The van der Waals surface area contributed by atoms with Gasteiger partial charge >= 0.3 is 0 Å². The smallest absolute Gasteiger partial charge is 0.185 e. The first kappa shape index (κ1) is 32.4. The third kappa shape index (κ3) is 9.24. The van der Waals surface area contributed by atoms with Crippen LogP contribution >= 0.6 is 0 Å². The van der Waals surface area contributed by atoms with Crippen molar-refractivity contribution >= 4 is 23.7 Å². The van der Waals surface area contributed by atoms with Crippen LogP contribution in [0.1, 0.15) is 38.3 Å². The summed E-state index contributed by atoms with van der Waals surface area (Å²) in [4.78, 5) is 25.1. The molecule has 0 unspecified atom stereocenters. The highest BCUT2D eigenvalue weighted by atomic mass is 16.5. The van der Waals surface area contributed by atoms with Crippen LogP contribution in [0.5, 0.6) is 34.5 Å². The highest BCUT2D eigenvalue weighted by molar-refractivity contribution is 6.07. The summed E-state index contributed by atoms with van der Waals surface area (Å²) in [7, 11) is 6.17. The van der Waals surface area contributed by atoms with Crippen molar-refractivity contribution in [1.29, 1.82) is 0 Å². The molecule has 0 aliphatic carbocycles. The van der Waals surface area contributed by atoms with Gasteiger partial charge in [-0.2, -0.15) is 0 Å². The van der Waals surface area contributed by atoms with Crippen molar-refractivity contribution in [3.05, 3.63) is 119 Å². The van der Waals surface area contributed by atoms with Crippen LogP contribution in [0.15, 0.2) is 97.1 Å². The highest BCUT2D eigenvalue weighted by Gasteiger charge is 2.10. The molecule has 0 bridgehead atoms. The van der Waals surface area contributed by atoms with Gasteiger partial charge in [0.05, 0.1) is 41.7 Å². The van der Waals surface area contributed by atoms with Gasteiger partial charge in [-0.05, 0) is 83.9 Å². The number of carbonyl (C=O) groups excluding carboxylic acids is 2. The van der Waals surface area contributed by atoms with Crippen molar-refractivity contribution in [3.8, 4) is 34.5 Å². The zero-order valence-corrected chi connectivity index (χ0v) is 25.8. The van der Waals surface area contributed by atoms with Gasteiger partial charge in [0, 0.05) is 17.5 Å². The molecule has 4 rings (SSSR count). The minimum absolute atomic E-state index is 0.136. The summed E-state index contributed by atoms with van der Waals surface area (Å²) in [5.41, 5.74) is 2.78. The fourth-order valence-electron chi connectivity index (χ4n) is 4.30. The van der Waals surface area contributed by atoms with Crippen LogP contribution in [0.2, 0.25) is 0 Å². The first-order valence-corrected chi connectivity index (χ1v) is 14.3. The third-order valence-electron chi connectivity index (χ3n) is 6.78. The molecule has 0 atom stereocenters. The number of allylic oxidation sites excluding steroid dienone is 2. The van der Waals surface area contributed by atoms with E-state index in [0.717, 1.165) is 22.6 Å². The van der Waals surface area contributed by atoms with E-state index in [4.69, 9.17) is 28.4 Å². The molecule has 0 heterocycles. The SMILES string of the molecule is COc1ccc(C(=O)/C=C/c2ccc(OCCCOc3ccc(/C=C/C(=O)c4ccc(OC)c(OC)c4)cc3)cc2)cc1OC. The second-order valence-corrected chi connectivity index (χ2v) is 9.72. The number of methoxy groups -OCH3 is 4. The van der Waals surface area contributed by atoms with Gasteiger partial charge in [-0.15, -0.1) is 0 Å². The average molecular weight is 609 g/mol. The predicted octanol–water partition coefficient (Wildman–Crippen LogP) is 7.36.